The molecule has 3 N–H and O–H groups in total. The van der Waals surface area contributed by atoms with Gasteiger partial charge in [-0.2, -0.15) is 0 Å². The summed E-state index contributed by atoms with van der Waals surface area (Å²) in [4.78, 5) is 11.8. The summed E-state index contributed by atoms with van der Waals surface area (Å²) in [7, 11) is 1.62. The van der Waals surface area contributed by atoms with E-state index in [1.165, 1.54) is 0 Å². The lowest BCUT2D eigenvalue weighted by Crippen LogP contribution is -2.27. The Morgan fingerprint density at radius 1 is 1.42 bits per heavy atom. The Hall–Kier alpha value is -1.59. The van der Waals surface area contributed by atoms with Crippen molar-refractivity contribution in [1.82, 2.24) is 0 Å². The van der Waals surface area contributed by atoms with Crippen LogP contribution in [0.2, 0.25) is 0 Å². The minimum atomic E-state index is -0.229. The van der Waals surface area contributed by atoms with Crippen LogP contribution in [-0.4, -0.2) is 32.8 Å². The molecule has 0 fully saturated rings. The number of nitrogens with two attached hydrogens (primary N) is 1. The van der Waals surface area contributed by atoms with Gasteiger partial charge in [-0.3, -0.25) is 4.79 Å². The predicted octanol–water partition coefficient (Wildman–Crippen LogP) is 1.55. The number of nitrogens with one attached hydrogen (secondary N) is 1. The number of carbonyl (C=O) groups excluding carboxylic acids is 1. The van der Waals surface area contributed by atoms with E-state index in [9.17, 15) is 4.79 Å². The van der Waals surface area contributed by atoms with Crippen LogP contribution in [0.25, 0.3) is 0 Å². The number of hydrogen-bond donors (Lipinski definition) is 2. The molecule has 0 bridgehead atoms. The molecule has 1 aromatic carbocycles. The number of rotatable bonds is 7. The second kappa shape index (κ2) is 7.76. The first-order chi connectivity index (χ1) is 9.08. The van der Waals surface area contributed by atoms with E-state index in [0.29, 0.717) is 31.2 Å². The molecule has 0 saturated carbocycles. The van der Waals surface area contributed by atoms with E-state index >= 15 is 0 Å². The van der Waals surface area contributed by atoms with Crippen molar-refractivity contribution in [2.24, 2.45) is 11.7 Å². The predicted molar refractivity (Wildman–Crippen MR) is 75.4 cm³/mol. The van der Waals surface area contributed by atoms with Crippen LogP contribution in [0.15, 0.2) is 18.2 Å². The maximum absolute atomic E-state index is 11.8. The number of hydrogen-bond acceptors (Lipinski definition) is 4. The monoisotopic (exact) mass is 266 g/mol. The van der Waals surface area contributed by atoms with Gasteiger partial charge in [-0.25, -0.2) is 0 Å². The summed E-state index contributed by atoms with van der Waals surface area (Å²) in [6, 6.07) is 5.64. The average Bonchev–Trinajstić information content (AvgIpc) is 2.40. The van der Waals surface area contributed by atoms with E-state index in [1.807, 2.05) is 25.1 Å². The van der Waals surface area contributed by atoms with Gasteiger partial charge in [-0.05, 0) is 24.6 Å². The minimum absolute atomic E-state index is 0.108. The highest BCUT2D eigenvalue weighted by atomic mass is 16.5. The lowest BCUT2D eigenvalue weighted by molar-refractivity contribution is -0.119. The fourth-order valence-corrected chi connectivity index (χ4v) is 1.45. The second-order valence-corrected chi connectivity index (χ2v) is 4.47. The molecule has 0 heterocycles. The van der Waals surface area contributed by atoms with Gasteiger partial charge in [0, 0.05) is 19.6 Å². The molecule has 5 heteroatoms. The van der Waals surface area contributed by atoms with E-state index in [-0.39, 0.29) is 11.8 Å². The Balaban J connectivity index is 2.78. The summed E-state index contributed by atoms with van der Waals surface area (Å²) in [5.74, 6) is 0.311. The van der Waals surface area contributed by atoms with Crippen molar-refractivity contribution in [3.63, 3.8) is 0 Å². The van der Waals surface area contributed by atoms with Crippen LogP contribution in [0.5, 0.6) is 5.75 Å². The van der Waals surface area contributed by atoms with Crippen molar-refractivity contribution in [2.45, 2.75) is 13.8 Å². The van der Waals surface area contributed by atoms with E-state index in [1.54, 1.807) is 14.0 Å². The first-order valence-corrected chi connectivity index (χ1v) is 6.31. The zero-order valence-electron chi connectivity index (χ0n) is 11.7. The zero-order valence-corrected chi connectivity index (χ0v) is 11.7. The van der Waals surface area contributed by atoms with E-state index in [2.05, 4.69) is 5.32 Å². The molecule has 0 aliphatic heterocycles. The van der Waals surface area contributed by atoms with E-state index in [4.69, 9.17) is 15.2 Å². The molecule has 0 aliphatic carbocycles. The van der Waals surface area contributed by atoms with Gasteiger partial charge in [0.25, 0.3) is 0 Å². The molecule has 5 nitrogen and oxygen atoms in total. The Labute approximate surface area is 114 Å². The van der Waals surface area contributed by atoms with Gasteiger partial charge < -0.3 is 20.5 Å². The SMILES string of the molecule is COCCOc1cc(C)ccc1NC(=O)C(C)CN. The molecular formula is C14H22N2O3. The number of benzene rings is 1. The molecule has 1 atom stereocenters. The van der Waals surface area contributed by atoms with Crippen LogP contribution in [0.1, 0.15) is 12.5 Å². The molecule has 0 spiro atoms. The van der Waals surface area contributed by atoms with Crippen LogP contribution in [0.4, 0.5) is 5.69 Å². The third-order valence-corrected chi connectivity index (χ3v) is 2.74. The highest BCUT2D eigenvalue weighted by Crippen LogP contribution is 2.26. The summed E-state index contributed by atoms with van der Waals surface area (Å²) in [5, 5.41) is 2.83. The molecule has 1 amide bonds. The van der Waals surface area contributed by atoms with Crippen molar-refractivity contribution < 1.29 is 14.3 Å². The lowest BCUT2D eigenvalue weighted by Gasteiger charge is -2.15. The van der Waals surface area contributed by atoms with Crippen LogP contribution in [0.3, 0.4) is 0 Å². The van der Waals surface area contributed by atoms with Crippen molar-refractivity contribution in [3.8, 4) is 5.75 Å². The lowest BCUT2D eigenvalue weighted by atomic mass is 10.1. The third kappa shape index (κ3) is 4.89. The van der Waals surface area contributed by atoms with Gasteiger partial charge in [-0.15, -0.1) is 0 Å². The van der Waals surface area contributed by atoms with Crippen LogP contribution < -0.4 is 15.8 Å². The summed E-state index contributed by atoms with van der Waals surface area (Å²) < 4.78 is 10.5. The molecular weight excluding hydrogens is 244 g/mol. The number of amides is 1. The molecule has 0 aliphatic rings. The molecule has 106 valence electrons. The van der Waals surface area contributed by atoms with E-state index in [0.717, 1.165) is 5.56 Å². The summed E-state index contributed by atoms with van der Waals surface area (Å²) in [6.07, 6.45) is 0. The van der Waals surface area contributed by atoms with Gasteiger partial charge >= 0.3 is 0 Å². The van der Waals surface area contributed by atoms with E-state index < -0.39 is 0 Å². The fraction of sp³-hybridized carbons (Fsp3) is 0.500. The number of anilines is 1. The maximum atomic E-state index is 11.8. The van der Waals surface area contributed by atoms with Crippen molar-refractivity contribution in [1.29, 1.82) is 0 Å². The molecule has 1 rings (SSSR count). The third-order valence-electron chi connectivity index (χ3n) is 2.74. The zero-order chi connectivity index (χ0) is 14.3. The van der Waals surface area contributed by atoms with Gasteiger partial charge in [0.2, 0.25) is 5.91 Å². The molecule has 0 radical (unpaired) electrons. The minimum Gasteiger partial charge on any atom is -0.489 e. The highest BCUT2D eigenvalue weighted by molar-refractivity contribution is 5.93. The largest absolute Gasteiger partial charge is 0.489 e. The van der Waals surface area contributed by atoms with Gasteiger partial charge in [0.05, 0.1) is 12.3 Å². The van der Waals surface area contributed by atoms with Crippen molar-refractivity contribution in [2.75, 3.05) is 32.2 Å². The Morgan fingerprint density at radius 3 is 2.79 bits per heavy atom. The fourth-order valence-electron chi connectivity index (χ4n) is 1.45. The first-order valence-electron chi connectivity index (χ1n) is 6.31. The maximum Gasteiger partial charge on any atom is 0.228 e. The van der Waals surface area contributed by atoms with Crippen LogP contribution in [-0.2, 0) is 9.53 Å². The smallest absolute Gasteiger partial charge is 0.228 e. The van der Waals surface area contributed by atoms with Crippen molar-refractivity contribution in [3.05, 3.63) is 23.8 Å². The first kappa shape index (κ1) is 15.5. The van der Waals surface area contributed by atoms with Crippen LogP contribution in [0, 0.1) is 12.8 Å². The Kier molecular flexibility index (Phi) is 6.32. The average molecular weight is 266 g/mol. The summed E-state index contributed by atoms with van der Waals surface area (Å²) in [6.45, 7) is 5.01. The number of carbonyl (C=O) groups is 1. The van der Waals surface area contributed by atoms with Gasteiger partial charge in [0.1, 0.15) is 12.4 Å². The normalized spacial score (nSPS) is 12.0. The van der Waals surface area contributed by atoms with Gasteiger partial charge in [0.15, 0.2) is 0 Å². The second-order valence-electron chi connectivity index (χ2n) is 4.47. The summed E-state index contributed by atoms with van der Waals surface area (Å²) >= 11 is 0. The summed E-state index contributed by atoms with van der Waals surface area (Å²) in [5.41, 5.74) is 7.20. The Morgan fingerprint density at radius 2 is 2.16 bits per heavy atom. The molecule has 0 saturated heterocycles. The highest BCUT2D eigenvalue weighted by Gasteiger charge is 2.13. The Bertz CT molecular complexity index is 421. The van der Waals surface area contributed by atoms with Crippen molar-refractivity contribution >= 4 is 11.6 Å². The quantitative estimate of drug-likeness (QED) is 0.734. The molecule has 1 aromatic rings. The molecule has 1 unspecified atom stereocenters. The number of ether oxygens (including phenoxy) is 2. The van der Waals surface area contributed by atoms with Crippen LogP contribution >= 0.6 is 0 Å². The number of aryl methyl sites for hydroxylation is 1. The molecule has 19 heavy (non-hydrogen) atoms. The van der Waals surface area contributed by atoms with Gasteiger partial charge in [-0.1, -0.05) is 13.0 Å². The number of methoxy groups -OCH3 is 1. The topological polar surface area (TPSA) is 73.6 Å². The standard InChI is InChI=1S/C14H22N2O3/c1-10-4-5-12(16-14(17)11(2)9-15)13(8-10)19-7-6-18-3/h4-5,8,11H,6-7,9,15H2,1-3H3,(H,16,17). The molecule has 0 aromatic heterocycles.